The molecule has 28 heavy (non-hydrogen) atoms. The van der Waals surface area contributed by atoms with Crippen LogP contribution in [0, 0.1) is 0 Å². The number of hydrogen-bond donors (Lipinski definition) is 0. The van der Waals surface area contributed by atoms with Gasteiger partial charge in [-0.15, -0.1) is 0 Å². The molecule has 0 atom stereocenters. The van der Waals surface area contributed by atoms with Crippen molar-refractivity contribution in [1.82, 2.24) is 14.5 Å². The molecule has 0 bridgehead atoms. The first-order chi connectivity index (χ1) is 13.8. The summed E-state index contributed by atoms with van der Waals surface area (Å²) in [6.45, 7) is 8.07. The summed E-state index contributed by atoms with van der Waals surface area (Å²) in [5.74, 6) is 1.61. The fourth-order valence-corrected chi connectivity index (χ4v) is 3.40. The number of aliphatic imine (C=N–C) groups is 1. The van der Waals surface area contributed by atoms with Crippen LogP contribution in [-0.4, -0.2) is 60.1 Å². The smallest absolute Gasteiger partial charge is 0.230 e. The van der Waals surface area contributed by atoms with Gasteiger partial charge in [-0.05, 0) is 48.9 Å². The SMILES string of the molecule is CCOc1ccc(C=Nc2nc3ccccc3n2CCN2CCOCC2)cc1. The van der Waals surface area contributed by atoms with Crippen LogP contribution in [0.5, 0.6) is 5.75 Å². The minimum absolute atomic E-state index is 0.667. The monoisotopic (exact) mass is 378 g/mol. The van der Waals surface area contributed by atoms with E-state index in [1.165, 1.54) is 0 Å². The van der Waals surface area contributed by atoms with Crippen molar-refractivity contribution >= 4 is 23.2 Å². The van der Waals surface area contributed by atoms with Crippen LogP contribution in [0.4, 0.5) is 5.95 Å². The number of morpholine rings is 1. The number of imidazole rings is 1. The van der Waals surface area contributed by atoms with E-state index >= 15 is 0 Å². The van der Waals surface area contributed by atoms with Gasteiger partial charge >= 0.3 is 0 Å². The molecule has 0 aliphatic carbocycles. The van der Waals surface area contributed by atoms with Crippen molar-refractivity contribution in [3.8, 4) is 5.75 Å². The molecule has 4 rings (SSSR count). The highest BCUT2D eigenvalue weighted by Crippen LogP contribution is 2.22. The lowest BCUT2D eigenvalue weighted by atomic mass is 10.2. The molecule has 0 N–H and O–H groups in total. The van der Waals surface area contributed by atoms with Crippen molar-refractivity contribution < 1.29 is 9.47 Å². The highest BCUT2D eigenvalue weighted by molar-refractivity contribution is 5.83. The number of rotatable bonds is 7. The Morgan fingerprint density at radius 2 is 1.86 bits per heavy atom. The molecule has 0 unspecified atom stereocenters. The first-order valence-electron chi connectivity index (χ1n) is 9.86. The average Bonchev–Trinajstić information content (AvgIpc) is 3.10. The van der Waals surface area contributed by atoms with Gasteiger partial charge < -0.3 is 14.0 Å². The molecule has 0 saturated carbocycles. The Balaban J connectivity index is 1.55. The summed E-state index contributed by atoms with van der Waals surface area (Å²) in [6.07, 6.45) is 1.86. The molecule has 3 aromatic rings. The average molecular weight is 378 g/mol. The van der Waals surface area contributed by atoms with Crippen LogP contribution in [0.2, 0.25) is 0 Å². The summed E-state index contributed by atoms with van der Waals surface area (Å²) >= 11 is 0. The van der Waals surface area contributed by atoms with Gasteiger partial charge in [0.15, 0.2) is 0 Å². The summed E-state index contributed by atoms with van der Waals surface area (Å²) in [5, 5.41) is 0. The third-order valence-electron chi connectivity index (χ3n) is 4.90. The molecule has 0 radical (unpaired) electrons. The lowest BCUT2D eigenvalue weighted by Crippen LogP contribution is -2.38. The number of nitrogens with zero attached hydrogens (tertiary/aromatic N) is 4. The van der Waals surface area contributed by atoms with E-state index in [1.54, 1.807) is 0 Å². The van der Waals surface area contributed by atoms with E-state index in [2.05, 4.69) is 21.6 Å². The molecule has 2 heterocycles. The Morgan fingerprint density at radius 3 is 2.64 bits per heavy atom. The number of aromatic nitrogens is 2. The Hall–Kier alpha value is -2.70. The van der Waals surface area contributed by atoms with Gasteiger partial charge in [-0.1, -0.05) is 12.1 Å². The van der Waals surface area contributed by atoms with E-state index in [9.17, 15) is 0 Å². The van der Waals surface area contributed by atoms with Gasteiger partial charge in [-0.3, -0.25) is 4.90 Å². The molecule has 146 valence electrons. The van der Waals surface area contributed by atoms with Crippen molar-refractivity contribution in [2.75, 3.05) is 39.5 Å². The molecule has 0 spiro atoms. The van der Waals surface area contributed by atoms with Gasteiger partial charge in [0.1, 0.15) is 5.75 Å². The van der Waals surface area contributed by atoms with E-state index in [1.807, 2.05) is 49.5 Å². The van der Waals surface area contributed by atoms with Crippen LogP contribution >= 0.6 is 0 Å². The molecule has 1 fully saturated rings. The quantitative estimate of drug-likeness (QED) is 0.591. The van der Waals surface area contributed by atoms with Gasteiger partial charge in [0.05, 0.1) is 30.9 Å². The maximum Gasteiger partial charge on any atom is 0.230 e. The van der Waals surface area contributed by atoms with E-state index in [4.69, 9.17) is 19.5 Å². The standard InChI is InChI=1S/C22H26N4O2/c1-2-28-19-9-7-18(8-10-19)17-23-22-24-20-5-3-4-6-21(20)26(22)12-11-25-13-15-27-16-14-25/h3-10,17H,2,11-16H2,1H3. The summed E-state index contributed by atoms with van der Waals surface area (Å²) in [7, 11) is 0. The number of benzene rings is 2. The van der Waals surface area contributed by atoms with Crippen LogP contribution < -0.4 is 4.74 Å². The molecule has 1 aliphatic heterocycles. The summed E-state index contributed by atoms with van der Waals surface area (Å²) < 4.78 is 13.2. The van der Waals surface area contributed by atoms with E-state index in [0.29, 0.717) is 6.61 Å². The zero-order valence-electron chi connectivity index (χ0n) is 16.3. The number of ether oxygens (including phenoxy) is 2. The topological polar surface area (TPSA) is 51.9 Å². The lowest BCUT2D eigenvalue weighted by molar-refractivity contribution is 0.0366. The number of fused-ring (bicyclic) bond motifs is 1. The predicted molar refractivity (Wildman–Crippen MR) is 112 cm³/mol. The van der Waals surface area contributed by atoms with Crippen molar-refractivity contribution in [2.24, 2.45) is 4.99 Å². The normalized spacial score (nSPS) is 15.5. The maximum absolute atomic E-state index is 5.50. The lowest BCUT2D eigenvalue weighted by Gasteiger charge is -2.26. The fraction of sp³-hybridized carbons (Fsp3) is 0.364. The molecule has 2 aromatic carbocycles. The number of para-hydroxylation sites is 2. The third kappa shape index (κ3) is 4.40. The summed E-state index contributed by atoms with van der Waals surface area (Å²) in [4.78, 5) is 11.9. The molecule has 6 heteroatoms. The Labute approximate surface area is 165 Å². The molecule has 1 saturated heterocycles. The van der Waals surface area contributed by atoms with E-state index in [0.717, 1.165) is 67.7 Å². The minimum Gasteiger partial charge on any atom is -0.494 e. The zero-order valence-corrected chi connectivity index (χ0v) is 16.3. The second-order valence-corrected chi connectivity index (χ2v) is 6.77. The van der Waals surface area contributed by atoms with Gasteiger partial charge in [-0.2, -0.15) is 0 Å². The molecular weight excluding hydrogens is 352 g/mol. The summed E-state index contributed by atoms with van der Waals surface area (Å²) in [5.41, 5.74) is 3.12. The highest BCUT2D eigenvalue weighted by atomic mass is 16.5. The van der Waals surface area contributed by atoms with Crippen LogP contribution in [0.25, 0.3) is 11.0 Å². The Morgan fingerprint density at radius 1 is 1.07 bits per heavy atom. The van der Waals surface area contributed by atoms with Crippen LogP contribution in [0.3, 0.4) is 0 Å². The van der Waals surface area contributed by atoms with E-state index in [-0.39, 0.29) is 0 Å². The number of hydrogen-bond acceptors (Lipinski definition) is 5. The van der Waals surface area contributed by atoms with E-state index < -0.39 is 0 Å². The second-order valence-electron chi connectivity index (χ2n) is 6.77. The van der Waals surface area contributed by atoms with Crippen LogP contribution in [-0.2, 0) is 11.3 Å². The first-order valence-corrected chi connectivity index (χ1v) is 9.86. The molecule has 6 nitrogen and oxygen atoms in total. The first kappa shape index (κ1) is 18.7. The molecule has 1 aromatic heterocycles. The van der Waals surface area contributed by atoms with Crippen molar-refractivity contribution in [1.29, 1.82) is 0 Å². The molecule has 1 aliphatic rings. The maximum atomic E-state index is 5.50. The third-order valence-corrected chi connectivity index (χ3v) is 4.90. The van der Waals surface area contributed by atoms with Crippen molar-refractivity contribution in [3.05, 3.63) is 54.1 Å². The van der Waals surface area contributed by atoms with Gasteiger partial charge in [0.25, 0.3) is 0 Å². The van der Waals surface area contributed by atoms with Crippen molar-refractivity contribution in [3.63, 3.8) is 0 Å². The minimum atomic E-state index is 0.667. The molecular formula is C22H26N4O2. The molecule has 0 amide bonds. The van der Waals surface area contributed by atoms with Gasteiger partial charge in [-0.25, -0.2) is 9.98 Å². The van der Waals surface area contributed by atoms with Gasteiger partial charge in [0.2, 0.25) is 5.95 Å². The fourth-order valence-electron chi connectivity index (χ4n) is 3.40. The Bertz CT molecular complexity index is 927. The Kier molecular flexibility index (Phi) is 5.99. The highest BCUT2D eigenvalue weighted by Gasteiger charge is 2.13. The zero-order chi connectivity index (χ0) is 19.2. The largest absolute Gasteiger partial charge is 0.494 e. The van der Waals surface area contributed by atoms with Gasteiger partial charge in [0, 0.05) is 32.4 Å². The van der Waals surface area contributed by atoms with Crippen LogP contribution in [0.15, 0.2) is 53.5 Å². The van der Waals surface area contributed by atoms with Crippen molar-refractivity contribution in [2.45, 2.75) is 13.5 Å². The summed E-state index contributed by atoms with van der Waals surface area (Å²) in [6, 6.07) is 16.2. The second kappa shape index (κ2) is 8.99. The predicted octanol–water partition coefficient (Wildman–Crippen LogP) is 3.52. The van der Waals surface area contributed by atoms with Crippen LogP contribution in [0.1, 0.15) is 12.5 Å².